The van der Waals surface area contributed by atoms with Gasteiger partial charge in [-0.15, -0.1) is 0 Å². The second-order valence-electron chi connectivity index (χ2n) is 9.91. The number of likely N-dealkylation sites (N-methyl/N-ethyl adjacent to an activating group) is 1. The van der Waals surface area contributed by atoms with Gasteiger partial charge in [-0.2, -0.15) is 0 Å². The number of nitrogens with zero attached hydrogens (tertiary/aromatic N) is 3. The molecule has 29 heavy (non-hydrogen) atoms. The van der Waals surface area contributed by atoms with Crippen molar-refractivity contribution in [2.75, 3.05) is 45.7 Å². The van der Waals surface area contributed by atoms with E-state index in [0.717, 1.165) is 25.1 Å². The van der Waals surface area contributed by atoms with Crippen molar-refractivity contribution in [3.05, 3.63) is 29.8 Å². The van der Waals surface area contributed by atoms with E-state index in [9.17, 15) is 9.59 Å². The number of hydrogen-bond acceptors (Lipinski definition) is 4. The Labute approximate surface area is 175 Å². The van der Waals surface area contributed by atoms with Gasteiger partial charge in [0.25, 0.3) is 5.91 Å². The van der Waals surface area contributed by atoms with Gasteiger partial charge in [-0.3, -0.25) is 9.59 Å². The number of likely N-dealkylation sites (tertiary alicyclic amines) is 2. The molecule has 2 fully saturated rings. The van der Waals surface area contributed by atoms with Crippen LogP contribution in [0.5, 0.6) is 0 Å². The van der Waals surface area contributed by atoms with Gasteiger partial charge in [0.2, 0.25) is 5.91 Å². The molecule has 1 N–H and O–H groups in total. The first-order valence-electron chi connectivity index (χ1n) is 10.6. The van der Waals surface area contributed by atoms with E-state index in [1.165, 1.54) is 0 Å². The zero-order valence-corrected chi connectivity index (χ0v) is 18.8. The molecular formula is C23H36N4O2. The van der Waals surface area contributed by atoms with Crippen molar-refractivity contribution in [3.63, 3.8) is 0 Å². The fraction of sp³-hybridized carbons (Fsp3) is 0.652. The molecule has 0 bridgehead atoms. The number of nitrogens with one attached hydrogen (secondary N) is 1. The monoisotopic (exact) mass is 400 g/mol. The summed E-state index contributed by atoms with van der Waals surface area (Å²) in [4.78, 5) is 32.8. The van der Waals surface area contributed by atoms with Crippen molar-refractivity contribution >= 4 is 17.5 Å². The van der Waals surface area contributed by atoms with Crippen molar-refractivity contribution in [1.82, 2.24) is 15.1 Å². The molecule has 2 amide bonds. The highest BCUT2D eigenvalue weighted by Gasteiger charge is 2.53. The first-order chi connectivity index (χ1) is 13.5. The van der Waals surface area contributed by atoms with Crippen molar-refractivity contribution < 1.29 is 9.59 Å². The molecule has 0 unspecified atom stereocenters. The predicted molar refractivity (Wildman–Crippen MR) is 117 cm³/mol. The summed E-state index contributed by atoms with van der Waals surface area (Å²) in [6.07, 6.45) is 2.62. The first kappa shape index (κ1) is 21.6. The van der Waals surface area contributed by atoms with Crippen LogP contribution in [0.1, 0.15) is 50.4 Å². The Kier molecular flexibility index (Phi) is 5.95. The Bertz CT molecular complexity index is 770. The fourth-order valence-corrected chi connectivity index (χ4v) is 4.76. The van der Waals surface area contributed by atoms with E-state index in [-0.39, 0.29) is 23.4 Å². The summed E-state index contributed by atoms with van der Waals surface area (Å²) in [7, 11) is 6.04. The molecule has 0 aliphatic carbocycles. The van der Waals surface area contributed by atoms with Crippen molar-refractivity contribution in [1.29, 1.82) is 0 Å². The number of carbonyl (C=O) groups is 2. The van der Waals surface area contributed by atoms with Gasteiger partial charge >= 0.3 is 0 Å². The molecule has 0 saturated carbocycles. The van der Waals surface area contributed by atoms with Gasteiger partial charge in [0.1, 0.15) is 0 Å². The number of carbonyl (C=O) groups excluding carboxylic acids is 2. The molecule has 0 spiro atoms. The van der Waals surface area contributed by atoms with Crippen molar-refractivity contribution in [2.45, 2.75) is 51.6 Å². The minimum Gasteiger partial charge on any atom is -0.378 e. The molecule has 6 heteroatoms. The summed E-state index contributed by atoms with van der Waals surface area (Å²) in [6, 6.07) is 7.81. The summed E-state index contributed by atoms with van der Waals surface area (Å²) >= 11 is 0. The zero-order chi connectivity index (χ0) is 21.4. The van der Waals surface area contributed by atoms with Crippen LogP contribution in [0.4, 0.5) is 5.69 Å². The van der Waals surface area contributed by atoms with Gasteiger partial charge in [-0.1, -0.05) is 6.07 Å². The van der Waals surface area contributed by atoms with Crippen LogP contribution >= 0.6 is 0 Å². The molecule has 6 nitrogen and oxygen atoms in total. The number of piperidine rings is 2. The van der Waals surface area contributed by atoms with Gasteiger partial charge in [-0.25, -0.2) is 0 Å². The quantitative estimate of drug-likeness (QED) is 0.847. The molecule has 160 valence electrons. The third-order valence-electron chi connectivity index (χ3n) is 6.36. The molecule has 2 atom stereocenters. The lowest BCUT2D eigenvalue weighted by molar-refractivity contribution is -0.144. The second-order valence-corrected chi connectivity index (χ2v) is 9.91. The Balaban J connectivity index is 1.83. The van der Waals surface area contributed by atoms with Crippen LogP contribution in [0.2, 0.25) is 0 Å². The number of anilines is 1. The largest absolute Gasteiger partial charge is 0.378 e. The van der Waals surface area contributed by atoms with Crippen LogP contribution < -0.4 is 10.2 Å². The molecule has 1 aromatic rings. The summed E-state index contributed by atoms with van der Waals surface area (Å²) < 4.78 is 0. The molecule has 2 heterocycles. The van der Waals surface area contributed by atoms with Crippen molar-refractivity contribution in [3.8, 4) is 0 Å². The molecular weight excluding hydrogens is 364 g/mol. The average Bonchev–Trinajstić information content (AvgIpc) is 2.66. The van der Waals surface area contributed by atoms with Crippen molar-refractivity contribution in [2.24, 2.45) is 5.41 Å². The Morgan fingerprint density at radius 2 is 1.90 bits per heavy atom. The van der Waals surface area contributed by atoms with E-state index in [1.54, 1.807) is 0 Å². The van der Waals surface area contributed by atoms with E-state index in [0.29, 0.717) is 25.1 Å². The van der Waals surface area contributed by atoms with E-state index in [4.69, 9.17) is 0 Å². The smallest absolute Gasteiger partial charge is 0.253 e. The van der Waals surface area contributed by atoms with Gasteiger partial charge in [0.05, 0.1) is 5.41 Å². The number of benzene rings is 1. The summed E-state index contributed by atoms with van der Waals surface area (Å²) in [5.41, 5.74) is 1.05. The molecule has 2 aliphatic heterocycles. The Morgan fingerprint density at radius 1 is 1.17 bits per heavy atom. The average molecular weight is 401 g/mol. The molecule has 0 aromatic heterocycles. The lowest BCUT2D eigenvalue weighted by Gasteiger charge is -2.53. The minimum absolute atomic E-state index is 0.0494. The highest BCUT2D eigenvalue weighted by atomic mass is 16.2. The number of amides is 2. The SMILES string of the molecule is CN(C)c1cccc(C(=O)N2CC[C@]3(C(=O)NC(C)(C)C)CCCN(C)[C@H]3C2)c1. The summed E-state index contributed by atoms with van der Waals surface area (Å²) in [5, 5.41) is 3.22. The third-order valence-corrected chi connectivity index (χ3v) is 6.36. The highest BCUT2D eigenvalue weighted by Crippen LogP contribution is 2.43. The van der Waals surface area contributed by atoms with Gasteiger partial charge in [-0.05, 0) is 71.8 Å². The molecule has 2 saturated heterocycles. The topological polar surface area (TPSA) is 55.9 Å². The fourth-order valence-electron chi connectivity index (χ4n) is 4.76. The number of fused-ring (bicyclic) bond motifs is 1. The van der Waals surface area contributed by atoms with Gasteiger partial charge in [0.15, 0.2) is 0 Å². The molecule has 1 aromatic carbocycles. The first-order valence-corrected chi connectivity index (χ1v) is 10.6. The van der Waals surface area contributed by atoms with Crippen LogP contribution in [-0.2, 0) is 4.79 Å². The highest BCUT2D eigenvalue weighted by molar-refractivity contribution is 5.95. The Hall–Kier alpha value is -2.08. The maximum absolute atomic E-state index is 13.3. The maximum Gasteiger partial charge on any atom is 0.253 e. The maximum atomic E-state index is 13.3. The summed E-state index contributed by atoms with van der Waals surface area (Å²) in [5.74, 6) is 0.195. The lowest BCUT2D eigenvalue weighted by atomic mass is 9.67. The van der Waals surface area contributed by atoms with Gasteiger partial charge in [0, 0.05) is 50.0 Å². The zero-order valence-electron chi connectivity index (χ0n) is 18.8. The van der Waals surface area contributed by atoms with Gasteiger partial charge < -0.3 is 20.0 Å². The van der Waals surface area contributed by atoms with Crippen LogP contribution in [0.3, 0.4) is 0 Å². The second kappa shape index (κ2) is 7.98. The normalized spacial score (nSPS) is 25.3. The molecule has 2 aliphatic rings. The lowest BCUT2D eigenvalue weighted by Crippen LogP contribution is -2.66. The van der Waals surface area contributed by atoms with E-state index < -0.39 is 5.41 Å². The standard InChI is InChI=1S/C23H36N4O2/c1-22(2,3)24-21(29)23-11-8-13-26(6)19(23)16-27(14-12-23)20(28)17-9-7-10-18(15-17)25(4)5/h7,9-10,15,19H,8,11-14,16H2,1-6H3,(H,24,29)/t19-,23+/m0/s1. The van der Waals surface area contributed by atoms with E-state index in [2.05, 4.69) is 17.3 Å². The predicted octanol–water partition coefficient (Wildman–Crippen LogP) is 2.59. The summed E-state index contributed by atoms with van der Waals surface area (Å²) in [6.45, 7) is 8.26. The minimum atomic E-state index is -0.414. The Morgan fingerprint density at radius 3 is 2.55 bits per heavy atom. The van der Waals surface area contributed by atoms with Crippen LogP contribution in [0.15, 0.2) is 24.3 Å². The van der Waals surface area contributed by atoms with E-state index >= 15 is 0 Å². The van der Waals surface area contributed by atoms with Crippen LogP contribution in [-0.4, -0.2) is 74.0 Å². The number of rotatable bonds is 3. The third kappa shape index (κ3) is 4.42. The molecule has 3 rings (SSSR count). The van der Waals surface area contributed by atoms with Crippen LogP contribution in [0, 0.1) is 5.41 Å². The van der Waals surface area contributed by atoms with E-state index in [1.807, 2.05) is 68.9 Å². The molecule has 0 radical (unpaired) electrons. The van der Waals surface area contributed by atoms with Crippen LogP contribution in [0.25, 0.3) is 0 Å². The number of hydrogen-bond donors (Lipinski definition) is 1.